The van der Waals surface area contributed by atoms with Crippen molar-refractivity contribution < 1.29 is 18.3 Å². The fourth-order valence-electron chi connectivity index (χ4n) is 1.38. The van der Waals surface area contributed by atoms with E-state index in [1.165, 1.54) is 0 Å². The number of rotatable bonds is 1. The van der Waals surface area contributed by atoms with Gasteiger partial charge >= 0.3 is 5.97 Å². The Kier molecular flexibility index (Phi) is 1.71. The number of thiophene rings is 1. The second-order valence-corrected chi connectivity index (χ2v) is 6.05. The van der Waals surface area contributed by atoms with Gasteiger partial charge in [-0.3, -0.25) is 4.79 Å². The first-order valence-electron chi connectivity index (χ1n) is 3.56. The molecule has 2 rings (SSSR count). The predicted molar refractivity (Wildman–Crippen MR) is 46.6 cm³/mol. The first-order valence-corrected chi connectivity index (χ1v) is 5.99. The molecule has 1 N–H and O–H groups in total. The molecule has 0 saturated heterocycles. The molecule has 1 aliphatic rings. The molecule has 1 aliphatic heterocycles. The van der Waals surface area contributed by atoms with Crippen LogP contribution in [0.2, 0.25) is 0 Å². The van der Waals surface area contributed by atoms with Crippen LogP contribution in [0, 0.1) is 0 Å². The van der Waals surface area contributed by atoms with Gasteiger partial charge in [-0.15, -0.1) is 11.3 Å². The van der Waals surface area contributed by atoms with Crippen LogP contribution in [0.4, 0.5) is 0 Å². The average Bonchev–Trinajstić information content (AvgIpc) is 2.52. The van der Waals surface area contributed by atoms with E-state index in [1.807, 2.05) is 0 Å². The summed E-state index contributed by atoms with van der Waals surface area (Å²) < 4.78 is 23.3. The molecule has 70 valence electrons. The van der Waals surface area contributed by atoms with Crippen LogP contribution in [0.25, 0.3) is 0 Å². The Morgan fingerprint density at radius 3 is 2.85 bits per heavy atom. The van der Waals surface area contributed by atoms with Gasteiger partial charge in [0.05, 0.1) is 0 Å². The standard InChI is InChI=1S/C7H6O4S2/c8-6(9)5-3-4-1-2-12-7(4)13(5,10)11/h1-2,5H,3H2,(H,8,9). The van der Waals surface area contributed by atoms with Gasteiger partial charge in [-0.25, -0.2) is 8.42 Å². The van der Waals surface area contributed by atoms with Gasteiger partial charge in [0, 0.05) is 6.42 Å². The zero-order valence-electron chi connectivity index (χ0n) is 6.43. The molecule has 0 amide bonds. The summed E-state index contributed by atoms with van der Waals surface area (Å²) in [7, 11) is -3.58. The molecule has 1 aromatic heterocycles. The number of carboxylic acid groups (broad SMARTS) is 1. The van der Waals surface area contributed by atoms with Crippen molar-refractivity contribution >= 4 is 27.1 Å². The SMILES string of the molecule is O=C(O)C1Cc2ccsc2S1(=O)=O. The summed E-state index contributed by atoms with van der Waals surface area (Å²) in [6.07, 6.45) is 0.108. The van der Waals surface area contributed by atoms with Crippen molar-refractivity contribution in [3.8, 4) is 0 Å². The van der Waals surface area contributed by atoms with E-state index in [-0.39, 0.29) is 10.6 Å². The second-order valence-electron chi connectivity index (χ2n) is 2.81. The molecule has 0 radical (unpaired) electrons. The van der Waals surface area contributed by atoms with Crippen LogP contribution in [-0.2, 0) is 21.1 Å². The summed E-state index contributed by atoms with van der Waals surface area (Å²) in [6.45, 7) is 0. The fourth-order valence-corrected chi connectivity index (χ4v) is 4.53. The lowest BCUT2D eigenvalue weighted by atomic mass is 10.2. The van der Waals surface area contributed by atoms with Crippen molar-refractivity contribution in [2.45, 2.75) is 15.9 Å². The van der Waals surface area contributed by atoms with E-state index in [0.717, 1.165) is 11.3 Å². The number of carbonyl (C=O) groups is 1. The van der Waals surface area contributed by atoms with Crippen LogP contribution in [0.5, 0.6) is 0 Å². The number of carboxylic acids is 1. The minimum Gasteiger partial charge on any atom is -0.480 e. The van der Waals surface area contributed by atoms with Crippen LogP contribution in [-0.4, -0.2) is 24.7 Å². The highest BCUT2D eigenvalue weighted by Gasteiger charge is 2.42. The molecular weight excluding hydrogens is 212 g/mol. The number of sulfone groups is 1. The Bertz CT molecular complexity index is 457. The molecule has 1 atom stereocenters. The summed E-state index contributed by atoms with van der Waals surface area (Å²) in [4.78, 5) is 10.6. The van der Waals surface area contributed by atoms with Crippen molar-refractivity contribution in [2.75, 3.05) is 0 Å². The Hall–Kier alpha value is -0.880. The lowest BCUT2D eigenvalue weighted by molar-refractivity contribution is -0.136. The lowest BCUT2D eigenvalue weighted by Gasteiger charge is -2.01. The zero-order chi connectivity index (χ0) is 9.64. The molecule has 0 spiro atoms. The van der Waals surface area contributed by atoms with E-state index in [4.69, 9.17) is 5.11 Å². The molecular formula is C7H6O4S2. The first kappa shape index (κ1) is 8.71. The average molecular weight is 218 g/mol. The van der Waals surface area contributed by atoms with Gasteiger partial charge in [-0.2, -0.15) is 0 Å². The van der Waals surface area contributed by atoms with Gasteiger partial charge < -0.3 is 5.11 Å². The Labute approximate surface area is 78.7 Å². The largest absolute Gasteiger partial charge is 0.480 e. The maximum Gasteiger partial charge on any atom is 0.322 e. The van der Waals surface area contributed by atoms with Crippen molar-refractivity contribution in [1.82, 2.24) is 0 Å². The van der Waals surface area contributed by atoms with E-state index in [9.17, 15) is 13.2 Å². The number of aliphatic carboxylic acids is 1. The molecule has 0 bridgehead atoms. The van der Waals surface area contributed by atoms with E-state index in [1.54, 1.807) is 11.4 Å². The van der Waals surface area contributed by atoms with Crippen molar-refractivity contribution in [1.29, 1.82) is 0 Å². The summed E-state index contributed by atoms with van der Waals surface area (Å²) in [5, 5.41) is 9.06. The molecule has 4 nitrogen and oxygen atoms in total. The molecule has 1 aromatic rings. The van der Waals surface area contributed by atoms with Gasteiger partial charge in [0.15, 0.2) is 5.25 Å². The lowest BCUT2D eigenvalue weighted by Crippen LogP contribution is -2.26. The summed E-state index contributed by atoms with van der Waals surface area (Å²) in [5.74, 6) is -1.26. The van der Waals surface area contributed by atoms with E-state index in [0.29, 0.717) is 5.56 Å². The number of fused-ring (bicyclic) bond motifs is 1. The van der Waals surface area contributed by atoms with Gasteiger partial charge in [0.1, 0.15) is 4.21 Å². The summed E-state index contributed by atoms with van der Waals surface area (Å²) in [6, 6.07) is 1.67. The third-order valence-corrected chi connectivity index (χ3v) is 5.65. The molecule has 13 heavy (non-hydrogen) atoms. The Balaban J connectivity index is 2.59. The molecule has 2 heterocycles. The fraction of sp³-hybridized carbons (Fsp3) is 0.286. The van der Waals surface area contributed by atoms with Crippen LogP contribution in [0.3, 0.4) is 0 Å². The van der Waals surface area contributed by atoms with Crippen LogP contribution in [0.15, 0.2) is 15.7 Å². The quantitative estimate of drug-likeness (QED) is 0.746. The Morgan fingerprint density at radius 2 is 2.31 bits per heavy atom. The van der Waals surface area contributed by atoms with Crippen molar-refractivity contribution in [3.05, 3.63) is 17.0 Å². The minimum absolute atomic E-state index is 0.108. The molecule has 0 saturated carbocycles. The topological polar surface area (TPSA) is 71.4 Å². The minimum atomic E-state index is -3.58. The molecule has 0 fully saturated rings. The van der Waals surface area contributed by atoms with Crippen LogP contribution in [0.1, 0.15) is 5.56 Å². The Morgan fingerprint density at radius 1 is 1.62 bits per heavy atom. The predicted octanol–water partition coefficient (Wildman–Crippen LogP) is 0.531. The maximum atomic E-state index is 11.5. The van der Waals surface area contributed by atoms with Crippen LogP contribution < -0.4 is 0 Å². The third-order valence-electron chi connectivity index (χ3n) is 2.02. The van der Waals surface area contributed by atoms with Crippen molar-refractivity contribution in [3.63, 3.8) is 0 Å². The summed E-state index contributed by atoms with van der Waals surface area (Å²) >= 11 is 1.09. The van der Waals surface area contributed by atoms with E-state index >= 15 is 0 Å². The van der Waals surface area contributed by atoms with E-state index < -0.39 is 21.1 Å². The highest BCUT2D eigenvalue weighted by atomic mass is 32.2. The van der Waals surface area contributed by atoms with Crippen molar-refractivity contribution in [2.24, 2.45) is 0 Å². The van der Waals surface area contributed by atoms with Gasteiger partial charge in [0.2, 0.25) is 9.84 Å². The van der Waals surface area contributed by atoms with Gasteiger partial charge in [-0.05, 0) is 17.0 Å². The molecule has 6 heteroatoms. The van der Waals surface area contributed by atoms with Crippen LogP contribution >= 0.6 is 11.3 Å². The first-order chi connectivity index (χ1) is 6.03. The molecule has 0 aliphatic carbocycles. The smallest absolute Gasteiger partial charge is 0.322 e. The van der Waals surface area contributed by atoms with Gasteiger partial charge in [-0.1, -0.05) is 0 Å². The molecule has 1 unspecified atom stereocenters. The highest BCUT2D eigenvalue weighted by molar-refractivity contribution is 7.95. The zero-order valence-corrected chi connectivity index (χ0v) is 8.06. The monoisotopic (exact) mass is 218 g/mol. The van der Waals surface area contributed by atoms with E-state index in [2.05, 4.69) is 0 Å². The normalized spacial score (nSPS) is 24.2. The number of hydrogen-bond acceptors (Lipinski definition) is 4. The maximum absolute atomic E-state index is 11.5. The number of hydrogen-bond donors (Lipinski definition) is 1. The molecule has 0 aromatic carbocycles. The highest BCUT2D eigenvalue weighted by Crippen LogP contribution is 2.35. The summed E-state index contributed by atoms with van der Waals surface area (Å²) in [5.41, 5.74) is 0.636. The third kappa shape index (κ3) is 1.09. The van der Waals surface area contributed by atoms with Gasteiger partial charge in [0.25, 0.3) is 0 Å². The second kappa shape index (κ2) is 2.55.